The second-order valence-corrected chi connectivity index (χ2v) is 5.52. The molecule has 0 spiro atoms. The average molecular weight is 307 g/mol. The number of nitrogens with zero attached hydrogens (tertiary/aromatic N) is 2. The van der Waals surface area contributed by atoms with Crippen molar-refractivity contribution < 1.29 is 13.7 Å². The summed E-state index contributed by atoms with van der Waals surface area (Å²) in [6.45, 7) is 6.70. The molecule has 2 rings (SSSR count). The number of nitrogens with one attached hydrogen (secondary N) is 1. The van der Waals surface area contributed by atoms with Crippen LogP contribution in [-0.4, -0.2) is 23.8 Å². The molecule has 0 bridgehead atoms. The number of aromatic nitrogens is 2. The lowest BCUT2D eigenvalue weighted by Gasteiger charge is -2.14. The van der Waals surface area contributed by atoms with Crippen LogP contribution in [0, 0.1) is 5.82 Å². The summed E-state index contributed by atoms with van der Waals surface area (Å²) < 4.78 is 23.8. The summed E-state index contributed by atoms with van der Waals surface area (Å²) in [6, 6.07) is 4.99. The first kappa shape index (κ1) is 16.4. The number of benzene rings is 1. The maximum atomic E-state index is 13.7. The highest BCUT2D eigenvalue weighted by Crippen LogP contribution is 2.21. The van der Waals surface area contributed by atoms with Gasteiger partial charge in [-0.1, -0.05) is 25.1 Å². The van der Waals surface area contributed by atoms with E-state index in [0.29, 0.717) is 18.9 Å². The smallest absolute Gasteiger partial charge is 0.227 e. The molecule has 1 atom stereocenters. The second kappa shape index (κ2) is 7.35. The Bertz CT molecular complexity index is 613. The number of ether oxygens (including phenoxy) is 1. The Balaban J connectivity index is 1.86. The zero-order valence-corrected chi connectivity index (χ0v) is 13.4. The van der Waals surface area contributed by atoms with E-state index in [-0.39, 0.29) is 23.5 Å². The zero-order chi connectivity index (χ0) is 16.1. The maximum absolute atomic E-state index is 13.7. The standard InChI is InChI=1S/C16H22FN3O2/c1-10(2)16-19-15(22-20-16)7-8-18-11(3)12-5-6-14(21-4)13(17)9-12/h5-6,9-11,18H,7-8H2,1-4H3. The van der Waals surface area contributed by atoms with Gasteiger partial charge < -0.3 is 14.6 Å². The summed E-state index contributed by atoms with van der Waals surface area (Å²) >= 11 is 0. The van der Waals surface area contributed by atoms with Crippen molar-refractivity contribution in [1.29, 1.82) is 0 Å². The van der Waals surface area contributed by atoms with E-state index < -0.39 is 0 Å². The highest BCUT2D eigenvalue weighted by Gasteiger charge is 2.11. The zero-order valence-electron chi connectivity index (χ0n) is 13.4. The van der Waals surface area contributed by atoms with E-state index >= 15 is 0 Å². The monoisotopic (exact) mass is 307 g/mol. The fraction of sp³-hybridized carbons (Fsp3) is 0.500. The minimum Gasteiger partial charge on any atom is -0.494 e. The third-order valence-corrected chi connectivity index (χ3v) is 3.47. The van der Waals surface area contributed by atoms with Crippen LogP contribution in [0.5, 0.6) is 5.75 Å². The van der Waals surface area contributed by atoms with Gasteiger partial charge in [0.2, 0.25) is 5.89 Å². The van der Waals surface area contributed by atoms with E-state index in [0.717, 1.165) is 11.4 Å². The molecule has 0 aliphatic carbocycles. The van der Waals surface area contributed by atoms with Gasteiger partial charge in [0.25, 0.3) is 0 Å². The molecule has 22 heavy (non-hydrogen) atoms. The van der Waals surface area contributed by atoms with Gasteiger partial charge in [-0.15, -0.1) is 0 Å². The minimum atomic E-state index is -0.355. The van der Waals surface area contributed by atoms with Gasteiger partial charge in [0.1, 0.15) is 0 Å². The van der Waals surface area contributed by atoms with E-state index in [1.165, 1.54) is 13.2 Å². The molecule has 1 heterocycles. The van der Waals surface area contributed by atoms with E-state index in [1.807, 2.05) is 26.8 Å². The van der Waals surface area contributed by atoms with Crippen molar-refractivity contribution in [2.75, 3.05) is 13.7 Å². The molecule has 0 amide bonds. The number of methoxy groups -OCH3 is 1. The molecule has 5 nitrogen and oxygen atoms in total. The molecule has 1 aromatic heterocycles. The van der Waals surface area contributed by atoms with Crippen LogP contribution in [0.15, 0.2) is 22.7 Å². The summed E-state index contributed by atoms with van der Waals surface area (Å²) in [5.41, 5.74) is 0.867. The third-order valence-electron chi connectivity index (χ3n) is 3.47. The Morgan fingerprint density at radius 2 is 2.09 bits per heavy atom. The molecule has 0 aliphatic heterocycles. The van der Waals surface area contributed by atoms with Crippen LogP contribution < -0.4 is 10.1 Å². The normalized spacial score (nSPS) is 12.6. The Labute approximate surface area is 129 Å². The number of hydrogen-bond acceptors (Lipinski definition) is 5. The summed E-state index contributed by atoms with van der Waals surface area (Å²) in [7, 11) is 1.45. The van der Waals surface area contributed by atoms with Crippen LogP contribution in [-0.2, 0) is 6.42 Å². The molecule has 0 saturated heterocycles. The average Bonchev–Trinajstić information content (AvgIpc) is 2.96. The van der Waals surface area contributed by atoms with Crippen molar-refractivity contribution in [1.82, 2.24) is 15.5 Å². The van der Waals surface area contributed by atoms with Crippen molar-refractivity contribution in [3.8, 4) is 5.75 Å². The minimum absolute atomic E-state index is 0.0212. The first-order valence-corrected chi connectivity index (χ1v) is 7.40. The SMILES string of the molecule is COc1ccc(C(C)NCCc2nc(C(C)C)no2)cc1F. The fourth-order valence-corrected chi connectivity index (χ4v) is 2.07. The molecular formula is C16H22FN3O2. The molecule has 1 aromatic carbocycles. The predicted molar refractivity (Wildman–Crippen MR) is 81.5 cm³/mol. The van der Waals surface area contributed by atoms with Crippen molar-refractivity contribution in [2.45, 2.75) is 39.2 Å². The van der Waals surface area contributed by atoms with Crippen LogP contribution >= 0.6 is 0 Å². The molecule has 1 N–H and O–H groups in total. The Hall–Kier alpha value is -1.95. The van der Waals surface area contributed by atoms with Crippen molar-refractivity contribution in [3.63, 3.8) is 0 Å². The Morgan fingerprint density at radius 3 is 2.68 bits per heavy atom. The number of halogens is 1. The highest BCUT2D eigenvalue weighted by atomic mass is 19.1. The third kappa shape index (κ3) is 4.04. The molecule has 0 fully saturated rings. The van der Waals surface area contributed by atoms with Crippen LogP contribution in [0.2, 0.25) is 0 Å². The first-order valence-electron chi connectivity index (χ1n) is 7.40. The van der Waals surface area contributed by atoms with Crippen LogP contribution in [0.1, 0.15) is 50.0 Å². The molecule has 0 saturated carbocycles. The quantitative estimate of drug-likeness (QED) is 0.851. The van der Waals surface area contributed by atoms with Gasteiger partial charge >= 0.3 is 0 Å². The fourth-order valence-electron chi connectivity index (χ4n) is 2.07. The molecule has 0 aliphatic rings. The van der Waals surface area contributed by atoms with Gasteiger partial charge in [0, 0.05) is 24.9 Å². The topological polar surface area (TPSA) is 60.2 Å². The molecule has 0 radical (unpaired) electrons. The summed E-state index contributed by atoms with van der Waals surface area (Å²) in [5, 5.41) is 7.24. The molecule has 1 unspecified atom stereocenters. The van der Waals surface area contributed by atoms with Crippen molar-refractivity contribution >= 4 is 0 Å². The van der Waals surface area contributed by atoms with Crippen LogP contribution in [0.4, 0.5) is 4.39 Å². The maximum Gasteiger partial charge on any atom is 0.227 e. The number of rotatable bonds is 7. The van der Waals surface area contributed by atoms with Crippen LogP contribution in [0.3, 0.4) is 0 Å². The lowest BCUT2D eigenvalue weighted by molar-refractivity contribution is 0.366. The van der Waals surface area contributed by atoms with E-state index in [2.05, 4.69) is 15.5 Å². The van der Waals surface area contributed by atoms with Crippen LogP contribution in [0.25, 0.3) is 0 Å². The molecular weight excluding hydrogens is 285 g/mol. The van der Waals surface area contributed by atoms with Gasteiger partial charge in [-0.25, -0.2) is 4.39 Å². The lowest BCUT2D eigenvalue weighted by Crippen LogP contribution is -2.21. The van der Waals surface area contributed by atoms with Gasteiger partial charge in [-0.3, -0.25) is 0 Å². The van der Waals surface area contributed by atoms with Gasteiger partial charge in [-0.2, -0.15) is 4.98 Å². The second-order valence-electron chi connectivity index (χ2n) is 5.52. The first-order chi connectivity index (χ1) is 10.5. The Kier molecular flexibility index (Phi) is 5.49. The molecule has 120 valence electrons. The lowest BCUT2D eigenvalue weighted by atomic mass is 10.1. The van der Waals surface area contributed by atoms with E-state index in [9.17, 15) is 4.39 Å². The van der Waals surface area contributed by atoms with Crippen molar-refractivity contribution in [2.24, 2.45) is 0 Å². The van der Waals surface area contributed by atoms with E-state index in [4.69, 9.17) is 9.26 Å². The predicted octanol–water partition coefficient (Wildman–Crippen LogP) is 3.23. The largest absolute Gasteiger partial charge is 0.494 e. The van der Waals surface area contributed by atoms with Gasteiger partial charge in [-0.05, 0) is 24.6 Å². The van der Waals surface area contributed by atoms with Gasteiger partial charge in [0.15, 0.2) is 17.4 Å². The number of hydrogen-bond donors (Lipinski definition) is 1. The summed E-state index contributed by atoms with van der Waals surface area (Å²) in [5.74, 6) is 1.49. The summed E-state index contributed by atoms with van der Waals surface area (Å²) in [6.07, 6.45) is 0.642. The van der Waals surface area contributed by atoms with Crippen molar-refractivity contribution in [3.05, 3.63) is 41.3 Å². The van der Waals surface area contributed by atoms with E-state index in [1.54, 1.807) is 6.07 Å². The van der Waals surface area contributed by atoms with Gasteiger partial charge in [0.05, 0.1) is 7.11 Å². The molecule has 2 aromatic rings. The summed E-state index contributed by atoms with van der Waals surface area (Å²) in [4.78, 5) is 4.32. The Morgan fingerprint density at radius 1 is 1.32 bits per heavy atom. The molecule has 6 heteroatoms. The highest BCUT2D eigenvalue weighted by molar-refractivity contribution is 5.30.